The minimum atomic E-state index is -1.67. The van der Waals surface area contributed by atoms with Gasteiger partial charge in [0.1, 0.15) is 12.4 Å². The fraction of sp³-hybridized carbons (Fsp3) is 0.143. The molecule has 0 radical (unpaired) electrons. The van der Waals surface area contributed by atoms with E-state index >= 15 is 0 Å². The zero-order chi connectivity index (χ0) is 15.4. The summed E-state index contributed by atoms with van der Waals surface area (Å²) >= 11 is 5.86. The molecule has 0 spiro atoms. The Morgan fingerprint density at radius 1 is 1.24 bits per heavy atom. The maximum absolute atomic E-state index is 13.6. The highest BCUT2D eigenvalue weighted by atomic mass is 35.5. The summed E-state index contributed by atoms with van der Waals surface area (Å²) in [6.45, 7) is 0.0321. The number of hydrogen-bond acceptors (Lipinski definition) is 4. The van der Waals surface area contributed by atoms with Crippen molar-refractivity contribution in [3.05, 3.63) is 52.8 Å². The van der Waals surface area contributed by atoms with Gasteiger partial charge in [0, 0.05) is 5.46 Å². The van der Waals surface area contributed by atoms with Crippen LogP contribution in [0.1, 0.15) is 5.56 Å². The van der Waals surface area contributed by atoms with Crippen molar-refractivity contribution in [3.63, 3.8) is 0 Å². The van der Waals surface area contributed by atoms with Crippen LogP contribution in [0, 0.1) is 5.82 Å². The molecule has 2 aromatic rings. The SMILES string of the molecule is COc1ccc(COc2c(F)cccc2Cl)cc1B(O)O. The average Bonchev–Trinajstić information content (AvgIpc) is 2.46. The van der Waals surface area contributed by atoms with Crippen molar-refractivity contribution < 1.29 is 23.9 Å². The molecule has 0 aliphatic carbocycles. The normalized spacial score (nSPS) is 10.3. The summed E-state index contributed by atoms with van der Waals surface area (Å²) in [6.07, 6.45) is 0. The molecule has 0 fully saturated rings. The van der Waals surface area contributed by atoms with Crippen LogP contribution in [0.4, 0.5) is 4.39 Å². The molecule has 7 heteroatoms. The molecule has 0 bridgehead atoms. The molecule has 4 nitrogen and oxygen atoms in total. The van der Waals surface area contributed by atoms with E-state index in [0.29, 0.717) is 11.3 Å². The highest BCUT2D eigenvalue weighted by Crippen LogP contribution is 2.28. The molecule has 2 rings (SSSR count). The third kappa shape index (κ3) is 3.67. The molecule has 0 aliphatic rings. The molecule has 0 unspecified atom stereocenters. The highest BCUT2D eigenvalue weighted by Gasteiger charge is 2.18. The Bertz CT molecular complexity index is 616. The number of methoxy groups -OCH3 is 1. The molecule has 0 atom stereocenters. The summed E-state index contributed by atoms with van der Waals surface area (Å²) in [6, 6.07) is 9.03. The lowest BCUT2D eigenvalue weighted by atomic mass is 9.79. The molecule has 0 saturated heterocycles. The van der Waals surface area contributed by atoms with E-state index in [9.17, 15) is 14.4 Å². The van der Waals surface area contributed by atoms with Crippen molar-refractivity contribution in [2.75, 3.05) is 7.11 Å². The summed E-state index contributed by atoms with van der Waals surface area (Å²) in [7, 11) is -0.242. The first-order valence-electron chi connectivity index (χ1n) is 6.12. The highest BCUT2D eigenvalue weighted by molar-refractivity contribution is 6.59. The monoisotopic (exact) mass is 310 g/mol. The van der Waals surface area contributed by atoms with Gasteiger partial charge in [0.15, 0.2) is 11.6 Å². The number of para-hydroxylation sites is 1. The van der Waals surface area contributed by atoms with E-state index in [2.05, 4.69) is 0 Å². The lowest BCUT2D eigenvalue weighted by Gasteiger charge is -2.12. The van der Waals surface area contributed by atoms with E-state index in [-0.39, 0.29) is 22.8 Å². The van der Waals surface area contributed by atoms with Crippen molar-refractivity contribution in [3.8, 4) is 11.5 Å². The molecule has 2 aromatic carbocycles. The summed E-state index contributed by atoms with van der Waals surface area (Å²) in [5, 5.41) is 18.7. The Morgan fingerprint density at radius 3 is 2.62 bits per heavy atom. The van der Waals surface area contributed by atoms with Gasteiger partial charge in [-0.3, -0.25) is 0 Å². The van der Waals surface area contributed by atoms with Crippen LogP contribution in [0.15, 0.2) is 36.4 Å². The van der Waals surface area contributed by atoms with E-state index in [1.165, 1.54) is 31.4 Å². The quantitative estimate of drug-likeness (QED) is 0.826. The second-order valence-electron chi connectivity index (χ2n) is 4.29. The van der Waals surface area contributed by atoms with E-state index < -0.39 is 12.9 Å². The summed E-state index contributed by atoms with van der Waals surface area (Å²) < 4.78 is 23.9. The maximum atomic E-state index is 13.6. The van der Waals surface area contributed by atoms with Crippen LogP contribution in [-0.4, -0.2) is 24.3 Å². The number of halogens is 2. The van der Waals surface area contributed by atoms with E-state index in [4.69, 9.17) is 21.1 Å². The van der Waals surface area contributed by atoms with Gasteiger partial charge in [0.25, 0.3) is 0 Å². The van der Waals surface area contributed by atoms with Crippen LogP contribution in [0.2, 0.25) is 5.02 Å². The van der Waals surface area contributed by atoms with Crippen LogP contribution in [0.25, 0.3) is 0 Å². The first-order valence-corrected chi connectivity index (χ1v) is 6.50. The molecule has 0 amide bonds. The molecule has 2 N–H and O–H groups in total. The summed E-state index contributed by atoms with van der Waals surface area (Å²) in [5.74, 6) is -0.253. The average molecular weight is 311 g/mol. The molecule has 0 saturated carbocycles. The fourth-order valence-electron chi connectivity index (χ4n) is 1.85. The molecule has 110 valence electrons. The van der Waals surface area contributed by atoms with Gasteiger partial charge in [0.2, 0.25) is 0 Å². The first-order chi connectivity index (χ1) is 10.0. The predicted molar refractivity (Wildman–Crippen MR) is 78.6 cm³/mol. The minimum absolute atomic E-state index is 0.0321. The Hall–Kier alpha value is -1.76. The minimum Gasteiger partial charge on any atom is -0.497 e. The zero-order valence-corrected chi connectivity index (χ0v) is 12.0. The van der Waals surface area contributed by atoms with Gasteiger partial charge in [-0.25, -0.2) is 4.39 Å². The van der Waals surface area contributed by atoms with Gasteiger partial charge in [-0.15, -0.1) is 0 Å². The van der Waals surface area contributed by atoms with Gasteiger partial charge in [0.05, 0.1) is 12.1 Å². The predicted octanol–water partition coefficient (Wildman–Crippen LogP) is 1.75. The Labute approximate surface area is 126 Å². The smallest absolute Gasteiger partial charge is 0.492 e. The van der Waals surface area contributed by atoms with E-state index in [1.807, 2.05) is 0 Å². The van der Waals surface area contributed by atoms with Crippen molar-refractivity contribution in [2.45, 2.75) is 6.61 Å². The fourth-order valence-corrected chi connectivity index (χ4v) is 2.07. The first kappa shape index (κ1) is 15.6. The van der Waals surface area contributed by atoms with Crippen molar-refractivity contribution in [1.82, 2.24) is 0 Å². The molecule has 21 heavy (non-hydrogen) atoms. The number of rotatable bonds is 5. The van der Waals surface area contributed by atoms with Crippen molar-refractivity contribution in [2.24, 2.45) is 0 Å². The van der Waals surface area contributed by atoms with Crippen LogP contribution in [-0.2, 0) is 6.61 Å². The molecular formula is C14H13BClFO4. The molecule has 0 aromatic heterocycles. The van der Waals surface area contributed by atoms with Crippen LogP contribution in [0.5, 0.6) is 11.5 Å². The van der Waals surface area contributed by atoms with Gasteiger partial charge in [-0.2, -0.15) is 0 Å². The van der Waals surface area contributed by atoms with E-state index in [0.717, 1.165) is 0 Å². The van der Waals surface area contributed by atoms with Crippen LogP contribution in [0.3, 0.4) is 0 Å². The second kappa shape index (κ2) is 6.80. The van der Waals surface area contributed by atoms with Crippen LogP contribution >= 0.6 is 11.6 Å². The van der Waals surface area contributed by atoms with Gasteiger partial charge in [-0.1, -0.05) is 29.8 Å². The largest absolute Gasteiger partial charge is 0.497 e. The maximum Gasteiger partial charge on any atom is 0.492 e. The number of benzene rings is 2. The number of ether oxygens (including phenoxy) is 2. The van der Waals surface area contributed by atoms with Gasteiger partial charge in [-0.05, 0) is 23.8 Å². The van der Waals surface area contributed by atoms with E-state index in [1.54, 1.807) is 12.1 Å². The van der Waals surface area contributed by atoms with Crippen molar-refractivity contribution in [1.29, 1.82) is 0 Å². The third-order valence-corrected chi connectivity index (χ3v) is 3.17. The Balaban J connectivity index is 2.19. The van der Waals surface area contributed by atoms with Crippen molar-refractivity contribution >= 4 is 24.2 Å². The third-order valence-electron chi connectivity index (χ3n) is 2.87. The molecule has 0 aliphatic heterocycles. The Morgan fingerprint density at radius 2 is 2.00 bits per heavy atom. The lowest BCUT2D eigenvalue weighted by Crippen LogP contribution is -2.31. The zero-order valence-electron chi connectivity index (χ0n) is 11.2. The molecule has 0 heterocycles. The Kier molecular flexibility index (Phi) is 5.06. The van der Waals surface area contributed by atoms with Crippen LogP contribution < -0.4 is 14.9 Å². The van der Waals surface area contributed by atoms with Gasteiger partial charge >= 0.3 is 7.12 Å². The topological polar surface area (TPSA) is 58.9 Å². The number of hydrogen-bond donors (Lipinski definition) is 2. The standard InChI is InChI=1S/C14H13BClFO4/c1-20-13-6-5-9(7-10(13)15(18)19)8-21-14-11(16)3-2-4-12(14)17/h2-7,18-19H,8H2,1H3. The summed E-state index contributed by atoms with van der Waals surface area (Å²) in [5.41, 5.74) is 0.830. The van der Waals surface area contributed by atoms with Gasteiger partial charge < -0.3 is 19.5 Å². The second-order valence-corrected chi connectivity index (χ2v) is 4.70. The summed E-state index contributed by atoms with van der Waals surface area (Å²) in [4.78, 5) is 0. The lowest BCUT2D eigenvalue weighted by molar-refractivity contribution is 0.290. The molecular weight excluding hydrogens is 297 g/mol.